The number of carbonyl (C=O) groups is 2. The van der Waals surface area contributed by atoms with Crippen molar-refractivity contribution in [2.75, 3.05) is 18.0 Å². The standard InChI is InChI=1S/C22H23N3O2/c26-21(23-12-11-17-15-24-19-9-3-2-8-18(17)19)14-22(27)25-13-5-7-16-6-1-4-10-20(16)25/h1-4,6,8-10,15,24H,5,7,11-14H2,(H,23,26). The van der Waals surface area contributed by atoms with Gasteiger partial charge in [-0.25, -0.2) is 0 Å². The minimum atomic E-state index is -0.220. The van der Waals surface area contributed by atoms with E-state index >= 15 is 0 Å². The Morgan fingerprint density at radius 1 is 1.07 bits per heavy atom. The van der Waals surface area contributed by atoms with Crippen LogP contribution in [0.5, 0.6) is 0 Å². The molecule has 0 radical (unpaired) electrons. The van der Waals surface area contributed by atoms with E-state index in [1.807, 2.05) is 42.6 Å². The molecular formula is C22H23N3O2. The number of anilines is 1. The number of nitrogens with zero attached hydrogens (tertiary/aromatic N) is 1. The van der Waals surface area contributed by atoms with Crippen LogP contribution in [-0.4, -0.2) is 29.9 Å². The summed E-state index contributed by atoms with van der Waals surface area (Å²) < 4.78 is 0. The predicted octanol–water partition coefficient (Wildman–Crippen LogP) is 3.20. The Kier molecular flexibility index (Phi) is 4.92. The first-order chi connectivity index (χ1) is 13.2. The minimum absolute atomic E-state index is 0.109. The number of hydrogen-bond donors (Lipinski definition) is 2. The van der Waals surface area contributed by atoms with Crippen molar-refractivity contribution in [3.05, 3.63) is 65.9 Å². The van der Waals surface area contributed by atoms with Gasteiger partial charge in [-0.3, -0.25) is 9.59 Å². The summed E-state index contributed by atoms with van der Waals surface area (Å²) in [6, 6.07) is 16.0. The second-order valence-electron chi connectivity index (χ2n) is 6.91. The van der Waals surface area contributed by atoms with E-state index in [0.29, 0.717) is 13.1 Å². The molecule has 0 bridgehead atoms. The highest BCUT2D eigenvalue weighted by atomic mass is 16.2. The van der Waals surface area contributed by atoms with Crippen molar-refractivity contribution in [2.24, 2.45) is 0 Å². The normalized spacial score (nSPS) is 13.4. The van der Waals surface area contributed by atoms with Gasteiger partial charge in [-0.2, -0.15) is 0 Å². The number of carbonyl (C=O) groups excluding carboxylic acids is 2. The highest BCUT2D eigenvalue weighted by Gasteiger charge is 2.23. The lowest BCUT2D eigenvalue weighted by Crippen LogP contribution is -2.39. The number of benzene rings is 2. The monoisotopic (exact) mass is 361 g/mol. The number of nitrogens with one attached hydrogen (secondary N) is 2. The SMILES string of the molecule is O=C(CC(=O)N1CCCc2ccccc21)NCCc1c[nH]c2ccccc12. The number of H-pyrrole nitrogens is 1. The van der Waals surface area contributed by atoms with Crippen LogP contribution in [0.3, 0.4) is 0 Å². The number of aromatic nitrogens is 1. The van der Waals surface area contributed by atoms with Crippen molar-refractivity contribution in [3.8, 4) is 0 Å². The Morgan fingerprint density at radius 3 is 2.81 bits per heavy atom. The third-order valence-corrected chi connectivity index (χ3v) is 5.11. The lowest BCUT2D eigenvalue weighted by atomic mass is 10.0. The molecule has 2 N–H and O–H groups in total. The first-order valence-electron chi connectivity index (χ1n) is 9.42. The maximum Gasteiger partial charge on any atom is 0.236 e. The van der Waals surface area contributed by atoms with Gasteiger partial charge in [0.2, 0.25) is 11.8 Å². The molecule has 1 aliphatic rings. The van der Waals surface area contributed by atoms with Gasteiger partial charge >= 0.3 is 0 Å². The Balaban J connectivity index is 1.31. The summed E-state index contributed by atoms with van der Waals surface area (Å²) in [5, 5.41) is 4.05. The van der Waals surface area contributed by atoms with Crippen molar-refractivity contribution in [3.63, 3.8) is 0 Å². The number of amides is 2. The zero-order valence-electron chi connectivity index (χ0n) is 15.2. The Hall–Kier alpha value is -3.08. The van der Waals surface area contributed by atoms with Crippen molar-refractivity contribution in [1.82, 2.24) is 10.3 Å². The van der Waals surface area contributed by atoms with E-state index in [1.54, 1.807) is 4.90 Å². The molecule has 5 nitrogen and oxygen atoms in total. The third kappa shape index (κ3) is 3.72. The quantitative estimate of drug-likeness (QED) is 0.686. The number of hydrogen-bond acceptors (Lipinski definition) is 2. The summed E-state index contributed by atoms with van der Waals surface area (Å²) in [6.07, 6.45) is 4.52. The maximum atomic E-state index is 12.6. The molecule has 0 unspecified atom stereocenters. The van der Waals surface area contributed by atoms with Crippen LogP contribution in [0, 0.1) is 0 Å². The van der Waals surface area contributed by atoms with Gasteiger partial charge in [0.25, 0.3) is 0 Å². The van der Waals surface area contributed by atoms with Crippen LogP contribution in [-0.2, 0) is 22.4 Å². The molecule has 0 fully saturated rings. The average Bonchev–Trinajstić information content (AvgIpc) is 3.11. The first-order valence-corrected chi connectivity index (χ1v) is 9.42. The lowest BCUT2D eigenvalue weighted by molar-refractivity contribution is -0.127. The fraction of sp³-hybridized carbons (Fsp3) is 0.273. The van der Waals surface area contributed by atoms with E-state index < -0.39 is 0 Å². The van der Waals surface area contributed by atoms with Crippen molar-refractivity contribution >= 4 is 28.4 Å². The molecule has 27 heavy (non-hydrogen) atoms. The Morgan fingerprint density at radius 2 is 1.89 bits per heavy atom. The third-order valence-electron chi connectivity index (χ3n) is 5.11. The summed E-state index contributed by atoms with van der Waals surface area (Å²) in [5.74, 6) is -0.352. The van der Waals surface area contributed by atoms with Crippen molar-refractivity contribution in [1.29, 1.82) is 0 Å². The largest absolute Gasteiger partial charge is 0.361 e. The van der Waals surface area contributed by atoms with Gasteiger partial charge in [-0.1, -0.05) is 36.4 Å². The fourth-order valence-electron chi connectivity index (χ4n) is 3.76. The second kappa shape index (κ2) is 7.66. The summed E-state index contributed by atoms with van der Waals surface area (Å²) in [6.45, 7) is 1.20. The van der Waals surface area contributed by atoms with E-state index in [-0.39, 0.29) is 18.2 Å². The van der Waals surface area contributed by atoms with Gasteiger partial charge in [0.05, 0.1) is 0 Å². The van der Waals surface area contributed by atoms with Gasteiger partial charge in [0, 0.05) is 35.9 Å². The summed E-state index contributed by atoms with van der Waals surface area (Å²) >= 11 is 0. The number of para-hydroxylation sites is 2. The van der Waals surface area contributed by atoms with E-state index in [4.69, 9.17) is 0 Å². The fourth-order valence-corrected chi connectivity index (χ4v) is 3.76. The smallest absolute Gasteiger partial charge is 0.236 e. The second-order valence-corrected chi connectivity index (χ2v) is 6.91. The Labute approximate surface area is 158 Å². The highest BCUT2D eigenvalue weighted by Crippen LogP contribution is 2.27. The molecule has 0 aliphatic carbocycles. The number of aryl methyl sites for hydroxylation is 1. The predicted molar refractivity (Wildman–Crippen MR) is 107 cm³/mol. The maximum absolute atomic E-state index is 12.6. The first kappa shape index (κ1) is 17.3. The van der Waals surface area contributed by atoms with Crippen LogP contribution in [0.25, 0.3) is 10.9 Å². The molecule has 1 aliphatic heterocycles. The van der Waals surface area contributed by atoms with Crippen molar-refractivity contribution in [2.45, 2.75) is 25.7 Å². The lowest BCUT2D eigenvalue weighted by Gasteiger charge is -2.29. The van der Waals surface area contributed by atoms with Crippen LogP contribution in [0.4, 0.5) is 5.69 Å². The molecule has 0 saturated heterocycles. The molecule has 0 saturated carbocycles. The number of fused-ring (bicyclic) bond motifs is 2. The van der Waals surface area contributed by atoms with E-state index in [9.17, 15) is 9.59 Å². The van der Waals surface area contributed by atoms with Crippen molar-refractivity contribution < 1.29 is 9.59 Å². The molecule has 4 rings (SSSR count). The van der Waals surface area contributed by atoms with Crippen LogP contribution in [0.2, 0.25) is 0 Å². The highest BCUT2D eigenvalue weighted by molar-refractivity contribution is 6.05. The topological polar surface area (TPSA) is 65.2 Å². The molecule has 2 heterocycles. The minimum Gasteiger partial charge on any atom is -0.361 e. The molecule has 138 valence electrons. The van der Waals surface area contributed by atoms with Crippen LogP contribution >= 0.6 is 0 Å². The summed E-state index contributed by atoms with van der Waals surface area (Å²) in [4.78, 5) is 29.8. The van der Waals surface area contributed by atoms with Crippen LogP contribution in [0.15, 0.2) is 54.7 Å². The molecule has 3 aromatic rings. The van der Waals surface area contributed by atoms with Gasteiger partial charge in [0.1, 0.15) is 6.42 Å². The zero-order valence-corrected chi connectivity index (χ0v) is 15.2. The molecule has 1 aromatic heterocycles. The molecule has 5 heteroatoms. The van der Waals surface area contributed by atoms with E-state index in [2.05, 4.69) is 22.4 Å². The molecule has 2 aromatic carbocycles. The van der Waals surface area contributed by atoms with Crippen LogP contribution < -0.4 is 10.2 Å². The molecule has 0 atom stereocenters. The molecular weight excluding hydrogens is 338 g/mol. The van der Waals surface area contributed by atoms with Gasteiger partial charge in [-0.15, -0.1) is 0 Å². The summed E-state index contributed by atoms with van der Waals surface area (Å²) in [5.41, 5.74) is 4.39. The Bertz CT molecular complexity index is 976. The summed E-state index contributed by atoms with van der Waals surface area (Å²) in [7, 11) is 0. The average molecular weight is 361 g/mol. The number of rotatable bonds is 5. The van der Waals surface area contributed by atoms with Gasteiger partial charge < -0.3 is 15.2 Å². The zero-order chi connectivity index (χ0) is 18.6. The molecule has 0 spiro atoms. The number of aromatic amines is 1. The van der Waals surface area contributed by atoms with E-state index in [0.717, 1.165) is 30.5 Å². The van der Waals surface area contributed by atoms with Gasteiger partial charge in [-0.05, 0) is 42.5 Å². The van der Waals surface area contributed by atoms with E-state index in [1.165, 1.54) is 16.5 Å². The van der Waals surface area contributed by atoms with Crippen LogP contribution in [0.1, 0.15) is 24.0 Å². The molecule has 2 amide bonds. The van der Waals surface area contributed by atoms with Gasteiger partial charge in [0.15, 0.2) is 0 Å².